The standard InChI is InChI=1S/C14H30N2/c1-5-12(4)10-13(6-2)16(7-3)14-8-9-15-11-14/h12-15H,5-11H2,1-4H3. The van der Waals surface area contributed by atoms with Crippen molar-refractivity contribution in [2.75, 3.05) is 19.6 Å². The Morgan fingerprint density at radius 2 is 2.00 bits per heavy atom. The fraction of sp³-hybridized carbons (Fsp3) is 1.00. The first-order valence-corrected chi connectivity index (χ1v) is 7.19. The number of likely N-dealkylation sites (N-methyl/N-ethyl adjacent to an activating group) is 1. The van der Waals surface area contributed by atoms with Crippen LogP contribution in [0.1, 0.15) is 53.4 Å². The van der Waals surface area contributed by atoms with E-state index in [0.717, 1.165) is 18.0 Å². The molecule has 1 rings (SSSR count). The third kappa shape index (κ3) is 3.74. The van der Waals surface area contributed by atoms with Crippen LogP contribution in [0.3, 0.4) is 0 Å². The molecule has 1 aliphatic rings. The third-order valence-electron chi connectivity index (χ3n) is 4.18. The number of hydrogen-bond donors (Lipinski definition) is 1. The Balaban J connectivity index is 2.52. The molecule has 1 N–H and O–H groups in total. The van der Waals surface area contributed by atoms with E-state index in [4.69, 9.17) is 0 Å². The minimum Gasteiger partial charge on any atom is -0.315 e. The van der Waals surface area contributed by atoms with E-state index in [2.05, 4.69) is 37.9 Å². The molecule has 0 aliphatic carbocycles. The predicted octanol–water partition coefficient (Wildman–Crippen LogP) is 2.89. The molecule has 3 unspecified atom stereocenters. The Bertz CT molecular complexity index is 176. The summed E-state index contributed by atoms with van der Waals surface area (Å²) in [6.07, 6.45) is 5.33. The Hall–Kier alpha value is -0.0800. The second-order valence-corrected chi connectivity index (χ2v) is 5.29. The molecule has 0 saturated carbocycles. The van der Waals surface area contributed by atoms with Gasteiger partial charge in [0.25, 0.3) is 0 Å². The molecule has 0 radical (unpaired) electrons. The van der Waals surface area contributed by atoms with Gasteiger partial charge in [0.2, 0.25) is 0 Å². The van der Waals surface area contributed by atoms with Gasteiger partial charge in [-0.15, -0.1) is 0 Å². The summed E-state index contributed by atoms with van der Waals surface area (Å²) in [5.74, 6) is 0.869. The van der Waals surface area contributed by atoms with E-state index in [-0.39, 0.29) is 0 Å². The lowest BCUT2D eigenvalue weighted by Crippen LogP contribution is -2.44. The van der Waals surface area contributed by atoms with Crippen LogP contribution in [0.25, 0.3) is 0 Å². The topological polar surface area (TPSA) is 15.3 Å². The molecule has 1 fully saturated rings. The minimum absolute atomic E-state index is 0.791. The predicted molar refractivity (Wildman–Crippen MR) is 71.8 cm³/mol. The lowest BCUT2D eigenvalue weighted by atomic mass is 9.95. The van der Waals surface area contributed by atoms with Crippen molar-refractivity contribution in [1.29, 1.82) is 0 Å². The number of nitrogens with zero attached hydrogens (tertiary/aromatic N) is 1. The third-order valence-corrected chi connectivity index (χ3v) is 4.18. The zero-order chi connectivity index (χ0) is 12.0. The zero-order valence-corrected chi connectivity index (χ0v) is 11.6. The van der Waals surface area contributed by atoms with Gasteiger partial charge in [-0.25, -0.2) is 0 Å². The molecule has 96 valence electrons. The highest BCUT2D eigenvalue weighted by Crippen LogP contribution is 2.21. The summed E-state index contributed by atoms with van der Waals surface area (Å²) in [7, 11) is 0. The molecule has 1 saturated heterocycles. The average Bonchev–Trinajstić information content (AvgIpc) is 2.82. The summed E-state index contributed by atoms with van der Waals surface area (Å²) in [5, 5.41) is 3.49. The molecule has 0 spiro atoms. The quantitative estimate of drug-likeness (QED) is 0.718. The van der Waals surface area contributed by atoms with Crippen LogP contribution in [0.2, 0.25) is 0 Å². The van der Waals surface area contributed by atoms with Crippen LogP contribution < -0.4 is 5.32 Å². The minimum atomic E-state index is 0.791. The molecular weight excluding hydrogens is 196 g/mol. The first-order chi connectivity index (χ1) is 7.72. The molecule has 0 aromatic heterocycles. The zero-order valence-electron chi connectivity index (χ0n) is 11.6. The molecule has 1 aliphatic heterocycles. The molecule has 2 heteroatoms. The van der Waals surface area contributed by atoms with Crippen molar-refractivity contribution in [3.05, 3.63) is 0 Å². The van der Waals surface area contributed by atoms with Gasteiger partial charge in [-0.05, 0) is 38.3 Å². The highest BCUT2D eigenvalue weighted by Gasteiger charge is 2.26. The Kier molecular flexibility index (Phi) is 6.37. The number of rotatable bonds is 7. The summed E-state index contributed by atoms with van der Waals surface area (Å²) in [5.41, 5.74) is 0. The van der Waals surface area contributed by atoms with Gasteiger partial charge in [0.05, 0.1) is 0 Å². The highest BCUT2D eigenvalue weighted by molar-refractivity contribution is 4.84. The van der Waals surface area contributed by atoms with Gasteiger partial charge in [0.1, 0.15) is 0 Å². The van der Waals surface area contributed by atoms with Crippen molar-refractivity contribution in [2.45, 2.75) is 65.5 Å². The van der Waals surface area contributed by atoms with E-state index < -0.39 is 0 Å². The second-order valence-electron chi connectivity index (χ2n) is 5.29. The monoisotopic (exact) mass is 226 g/mol. The van der Waals surface area contributed by atoms with Crippen LogP contribution in [0.15, 0.2) is 0 Å². The van der Waals surface area contributed by atoms with Gasteiger partial charge in [0, 0.05) is 18.6 Å². The average molecular weight is 226 g/mol. The van der Waals surface area contributed by atoms with E-state index in [1.807, 2.05) is 0 Å². The normalized spacial score (nSPS) is 24.9. The van der Waals surface area contributed by atoms with Gasteiger partial charge in [0.15, 0.2) is 0 Å². The van der Waals surface area contributed by atoms with Gasteiger partial charge < -0.3 is 5.32 Å². The molecular formula is C14H30N2. The maximum atomic E-state index is 3.49. The smallest absolute Gasteiger partial charge is 0.0235 e. The van der Waals surface area contributed by atoms with Crippen LogP contribution >= 0.6 is 0 Å². The van der Waals surface area contributed by atoms with Crippen molar-refractivity contribution in [2.24, 2.45) is 5.92 Å². The largest absolute Gasteiger partial charge is 0.315 e. The first kappa shape index (κ1) is 14.0. The SMILES string of the molecule is CCC(C)CC(CC)N(CC)C1CCNC1. The van der Waals surface area contributed by atoms with E-state index >= 15 is 0 Å². The molecule has 2 nitrogen and oxygen atoms in total. The lowest BCUT2D eigenvalue weighted by molar-refractivity contribution is 0.126. The number of hydrogen-bond acceptors (Lipinski definition) is 2. The van der Waals surface area contributed by atoms with E-state index in [1.165, 1.54) is 45.3 Å². The molecule has 0 bridgehead atoms. The summed E-state index contributed by atoms with van der Waals surface area (Å²) in [4.78, 5) is 2.74. The van der Waals surface area contributed by atoms with Crippen LogP contribution in [0.4, 0.5) is 0 Å². The fourth-order valence-electron chi connectivity index (χ4n) is 2.90. The molecule has 3 atom stereocenters. The van der Waals surface area contributed by atoms with Gasteiger partial charge >= 0.3 is 0 Å². The van der Waals surface area contributed by atoms with Crippen molar-refractivity contribution < 1.29 is 0 Å². The Labute approximate surface area is 102 Å². The molecule has 0 amide bonds. The maximum absolute atomic E-state index is 3.49. The summed E-state index contributed by atoms with van der Waals surface area (Å²) >= 11 is 0. The first-order valence-electron chi connectivity index (χ1n) is 7.19. The highest BCUT2D eigenvalue weighted by atomic mass is 15.2. The van der Waals surface area contributed by atoms with E-state index in [1.54, 1.807) is 0 Å². The van der Waals surface area contributed by atoms with Crippen LogP contribution in [0, 0.1) is 5.92 Å². The summed E-state index contributed by atoms with van der Waals surface area (Å²) < 4.78 is 0. The van der Waals surface area contributed by atoms with Crippen molar-refractivity contribution in [3.8, 4) is 0 Å². The second kappa shape index (κ2) is 7.29. The van der Waals surface area contributed by atoms with Crippen LogP contribution in [-0.2, 0) is 0 Å². The molecule has 0 aromatic carbocycles. The summed E-state index contributed by atoms with van der Waals surface area (Å²) in [6, 6.07) is 1.59. The number of nitrogens with one attached hydrogen (secondary N) is 1. The maximum Gasteiger partial charge on any atom is 0.0235 e. The van der Waals surface area contributed by atoms with Gasteiger partial charge in [-0.2, -0.15) is 0 Å². The Morgan fingerprint density at radius 3 is 2.44 bits per heavy atom. The van der Waals surface area contributed by atoms with Crippen LogP contribution in [0.5, 0.6) is 0 Å². The van der Waals surface area contributed by atoms with Gasteiger partial charge in [-0.3, -0.25) is 4.90 Å². The Morgan fingerprint density at radius 1 is 1.25 bits per heavy atom. The van der Waals surface area contributed by atoms with E-state index in [9.17, 15) is 0 Å². The van der Waals surface area contributed by atoms with Crippen LogP contribution in [-0.4, -0.2) is 36.6 Å². The summed E-state index contributed by atoms with van der Waals surface area (Å²) in [6.45, 7) is 13.0. The van der Waals surface area contributed by atoms with Crippen molar-refractivity contribution >= 4 is 0 Å². The van der Waals surface area contributed by atoms with Crippen molar-refractivity contribution in [3.63, 3.8) is 0 Å². The lowest BCUT2D eigenvalue weighted by Gasteiger charge is -2.36. The fourth-order valence-corrected chi connectivity index (χ4v) is 2.90. The van der Waals surface area contributed by atoms with Crippen molar-refractivity contribution in [1.82, 2.24) is 10.2 Å². The molecule has 0 aromatic rings. The molecule has 1 heterocycles. The molecule has 16 heavy (non-hydrogen) atoms. The van der Waals surface area contributed by atoms with E-state index in [0.29, 0.717) is 0 Å². The van der Waals surface area contributed by atoms with Gasteiger partial charge in [-0.1, -0.05) is 34.1 Å².